The van der Waals surface area contributed by atoms with Gasteiger partial charge in [0.25, 0.3) is 0 Å². The number of hydrogen-bond donors (Lipinski definition) is 0. The van der Waals surface area contributed by atoms with Crippen LogP contribution in [0, 0.1) is 0 Å². The summed E-state index contributed by atoms with van der Waals surface area (Å²) in [4.78, 5) is 23.4. The third-order valence-corrected chi connectivity index (χ3v) is 2.00. The van der Waals surface area contributed by atoms with Gasteiger partial charge in [-0.25, -0.2) is 9.59 Å². The first-order valence-electron chi connectivity index (χ1n) is 4.75. The Morgan fingerprint density at radius 1 is 1.12 bits per heavy atom. The molecular formula is C11H17NO4. The highest BCUT2D eigenvalue weighted by atomic mass is 16.5. The highest BCUT2D eigenvalue weighted by Crippen LogP contribution is 1.98. The molecule has 0 aromatic carbocycles. The van der Waals surface area contributed by atoms with E-state index in [1.54, 1.807) is 24.2 Å². The van der Waals surface area contributed by atoms with Crippen molar-refractivity contribution in [3.05, 3.63) is 24.4 Å². The third kappa shape index (κ3) is 5.85. The molecule has 5 heteroatoms. The quantitative estimate of drug-likeness (QED) is 0.511. The van der Waals surface area contributed by atoms with Gasteiger partial charge in [0.2, 0.25) is 0 Å². The van der Waals surface area contributed by atoms with E-state index in [1.165, 1.54) is 26.4 Å². The van der Waals surface area contributed by atoms with E-state index >= 15 is 0 Å². The van der Waals surface area contributed by atoms with Gasteiger partial charge in [0, 0.05) is 31.4 Å². The molecule has 0 aliphatic heterocycles. The average Bonchev–Trinajstić information content (AvgIpc) is 2.31. The molecule has 0 aliphatic rings. The summed E-state index contributed by atoms with van der Waals surface area (Å²) in [5.41, 5.74) is 0. The van der Waals surface area contributed by atoms with Gasteiger partial charge >= 0.3 is 11.9 Å². The molecule has 1 unspecified atom stereocenters. The van der Waals surface area contributed by atoms with Crippen molar-refractivity contribution in [2.24, 2.45) is 0 Å². The first kappa shape index (κ1) is 14.2. The molecule has 0 radical (unpaired) electrons. The first-order chi connectivity index (χ1) is 7.51. The number of methoxy groups -OCH3 is 2. The highest BCUT2D eigenvalue weighted by molar-refractivity contribution is 5.82. The van der Waals surface area contributed by atoms with Crippen LogP contribution in [0.4, 0.5) is 0 Å². The lowest BCUT2D eigenvalue weighted by Gasteiger charge is -2.19. The Labute approximate surface area is 95.3 Å². The average molecular weight is 227 g/mol. The smallest absolute Gasteiger partial charge is 0.331 e. The normalized spacial score (nSPS) is 12.8. The zero-order valence-electron chi connectivity index (χ0n) is 9.97. The van der Waals surface area contributed by atoms with Crippen molar-refractivity contribution in [3.8, 4) is 0 Å². The maximum absolute atomic E-state index is 10.8. The fraction of sp³-hybridized carbons (Fsp3) is 0.455. The summed E-state index contributed by atoms with van der Waals surface area (Å²) in [6, 6.07) is -0.0278. The Balaban J connectivity index is 4.23. The molecule has 5 nitrogen and oxygen atoms in total. The van der Waals surface area contributed by atoms with Crippen molar-refractivity contribution in [1.82, 2.24) is 4.90 Å². The van der Waals surface area contributed by atoms with Gasteiger partial charge in [-0.15, -0.1) is 0 Å². The lowest BCUT2D eigenvalue weighted by molar-refractivity contribution is -0.135. The van der Waals surface area contributed by atoms with Crippen LogP contribution >= 0.6 is 0 Å². The van der Waals surface area contributed by atoms with E-state index in [0.717, 1.165) is 0 Å². The molecule has 0 N–H and O–H groups in total. The van der Waals surface area contributed by atoms with Crippen molar-refractivity contribution < 1.29 is 19.1 Å². The van der Waals surface area contributed by atoms with Crippen LogP contribution in [-0.4, -0.2) is 44.1 Å². The van der Waals surface area contributed by atoms with Crippen molar-refractivity contribution >= 4 is 11.9 Å². The molecule has 0 heterocycles. The van der Waals surface area contributed by atoms with E-state index in [-0.39, 0.29) is 6.04 Å². The fourth-order valence-electron chi connectivity index (χ4n) is 0.804. The minimum atomic E-state index is -0.420. The number of hydrogen-bond acceptors (Lipinski definition) is 5. The molecule has 90 valence electrons. The Morgan fingerprint density at radius 2 is 1.62 bits per heavy atom. The Hall–Kier alpha value is -1.78. The second-order valence-electron chi connectivity index (χ2n) is 3.13. The van der Waals surface area contributed by atoms with E-state index in [0.29, 0.717) is 0 Å². The SMILES string of the molecule is COC(=O)/C=C/C(C)N(C)/C=C/C(=O)OC. The van der Waals surface area contributed by atoms with E-state index in [9.17, 15) is 9.59 Å². The van der Waals surface area contributed by atoms with Crippen molar-refractivity contribution in [1.29, 1.82) is 0 Å². The van der Waals surface area contributed by atoms with Gasteiger partial charge in [0.15, 0.2) is 0 Å². The van der Waals surface area contributed by atoms with Crippen LogP contribution in [0.5, 0.6) is 0 Å². The van der Waals surface area contributed by atoms with E-state index < -0.39 is 11.9 Å². The standard InChI is InChI=1S/C11H17NO4/c1-9(5-6-10(13)15-3)12(2)8-7-11(14)16-4/h5-9H,1-4H3/b6-5+,8-7+. The van der Waals surface area contributed by atoms with Gasteiger partial charge < -0.3 is 14.4 Å². The summed E-state index contributed by atoms with van der Waals surface area (Å²) in [6.07, 6.45) is 5.90. The predicted molar refractivity (Wildman–Crippen MR) is 59.5 cm³/mol. The maximum Gasteiger partial charge on any atom is 0.331 e. The second-order valence-corrected chi connectivity index (χ2v) is 3.13. The first-order valence-corrected chi connectivity index (χ1v) is 4.75. The Morgan fingerprint density at radius 3 is 2.12 bits per heavy atom. The van der Waals surface area contributed by atoms with Crippen LogP contribution in [0.2, 0.25) is 0 Å². The summed E-state index contributed by atoms with van der Waals surface area (Å²) < 4.78 is 8.91. The summed E-state index contributed by atoms with van der Waals surface area (Å²) in [7, 11) is 4.41. The van der Waals surface area contributed by atoms with Crippen molar-refractivity contribution in [2.75, 3.05) is 21.3 Å². The number of esters is 2. The lowest BCUT2D eigenvalue weighted by atomic mass is 10.3. The molecule has 0 aromatic heterocycles. The minimum absolute atomic E-state index is 0.0278. The Bertz CT molecular complexity index is 266. The summed E-state index contributed by atoms with van der Waals surface area (Å²) >= 11 is 0. The van der Waals surface area contributed by atoms with Crippen molar-refractivity contribution in [3.63, 3.8) is 0 Å². The van der Waals surface area contributed by atoms with E-state index in [1.807, 2.05) is 6.92 Å². The largest absolute Gasteiger partial charge is 0.466 e. The third-order valence-electron chi connectivity index (χ3n) is 2.00. The number of carbonyl (C=O) groups is 2. The minimum Gasteiger partial charge on any atom is -0.466 e. The molecule has 0 spiro atoms. The number of ether oxygens (including phenoxy) is 2. The number of carbonyl (C=O) groups excluding carboxylic acids is 2. The van der Waals surface area contributed by atoms with Crippen LogP contribution in [0.25, 0.3) is 0 Å². The monoisotopic (exact) mass is 227 g/mol. The molecular weight excluding hydrogens is 210 g/mol. The Kier molecular flexibility index (Phi) is 6.67. The van der Waals surface area contributed by atoms with Gasteiger partial charge in [0.05, 0.1) is 14.2 Å². The van der Waals surface area contributed by atoms with Gasteiger partial charge in [-0.05, 0) is 6.92 Å². The molecule has 0 saturated heterocycles. The van der Waals surface area contributed by atoms with Crippen LogP contribution in [-0.2, 0) is 19.1 Å². The fourth-order valence-corrected chi connectivity index (χ4v) is 0.804. The van der Waals surface area contributed by atoms with E-state index in [4.69, 9.17) is 0 Å². The number of rotatable bonds is 5. The van der Waals surface area contributed by atoms with Gasteiger partial charge in [-0.3, -0.25) is 0 Å². The molecule has 0 saturated carbocycles. The van der Waals surface area contributed by atoms with Gasteiger partial charge in [-0.1, -0.05) is 6.08 Å². The van der Waals surface area contributed by atoms with Crippen LogP contribution < -0.4 is 0 Å². The van der Waals surface area contributed by atoms with Crippen molar-refractivity contribution in [2.45, 2.75) is 13.0 Å². The molecule has 0 aromatic rings. The maximum atomic E-state index is 10.8. The summed E-state index contributed by atoms with van der Waals surface area (Å²) in [6.45, 7) is 1.88. The second kappa shape index (κ2) is 7.50. The topological polar surface area (TPSA) is 55.8 Å². The molecule has 0 aliphatic carbocycles. The van der Waals surface area contributed by atoms with Crippen LogP contribution in [0.1, 0.15) is 6.92 Å². The zero-order chi connectivity index (χ0) is 12.6. The molecule has 0 bridgehead atoms. The molecule has 1 atom stereocenters. The van der Waals surface area contributed by atoms with Crippen LogP contribution in [0.15, 0.2) is 24.4 Å². The lowest BCUT2D eigenvalue weighted by Crippen LogP contribution is -2.22. The zero-order valence-corrected chi connectivity index (χ0v) is 9.97. The summed E-state index contributed by atoms with van der Waals surface area (Å²) in [5, 5.41) is 0. The number of likely N-dealkylation sites (N-methyl/N-ethyl adjacent to an activating group) is 1. The van der Waals surface area contributed by atoms with Gasteiger partial charge in [0.1, 0.15) is 0 Å². The van der Waals surface area contributed by atoms with Gasteiger partial charge in [-0.2, -0.15) is 0 Å². The molecule has 0 fully saturated rings. The molecule has 16 heavy (non-hydrogen) atoms. The van der Waals surface area contributed by atoms with E-state index in [2.05, 4.69) is 9.47 Å². The highest BCUT2D eigenvalue weighted by Gasteiger charge is 2.02. The molecule has 0 rings (SSSR count). The van der Waals surface area contributed by atoms with Crippen LogP contribution in [0.3, 0.4) is 0 Å². The number of nitrogens with zero attached hydrogens (tertiary/aromatic N) is 1. The summed E-state index contributed by atoms with van der Waals surface area (Å²) in [5.74, 6) is -0.826. The predicted octanol–water partition coefficient (Wildman–Crippen LogP) is 0.723. The molecule has 0 amide bonds.